The minimum atomic E-state index is -0.928. The number of hydrogen-bond donors (Lipinski definition) is 1. The van der Waals surface area contributed by atoms with Crippen molar-refractivity contribution in [2.24, 2.45) is 11.3 Å². The lowest BCUT2D eigenvalue weighted by Gasteiger charge is -2.22. The number of nitrogens with zero attached hydrogens (tertiary/aromatic N) is 1. The molecule has 0 amide bonds. The fourth-order valence-electron chi connectivity index (χ4n) is 1.64. The third-order valence-corrected chi connectivity index (χ3v) is 2.96. The topological polar surface area (TPSA) is 53.2 Å². The van der Waals surface area contributed by atoms with Crippen molar-refractivity contribution >= 4 is 0 Å². The van der Waals surface area contributed by atoms with Gasteiger partial charge in [0.1, 0.15) is 5.41 Å². The van der Waals surface area contributed by atoms with E-state index in [1.54, 1.807) is 6.92 Å². The molecule has 1 saturated heterocycles. The van der Waals surface area contributed by atoms with Gasteiger partial charge in [0.05, 0.1) is 12.2 Å². The van der Waals surface area contributed by atoms with Crippen LogP contribution in [0.3, 0.4) is 0 Å². The zero-order valence-electron chi connectivity index (χ0n) is 7.74. The van der Waals surface area contributed by atoms with E-state index in [0.717, 1.165) is 6.42 Å². The smallest absolute Gasteiger partial charge is 0.173 e. The van der Waals surface area contributed by atoms with Crippen LogP contribution in [0, 0.1) is 22.7 Å². The van der Waals surface area contributed by atoms with Gasteiger partial charge in [-0.05, 0) is 13.3 Å². The molecule has 1 N–H and O–H groups in total. The summed E-state index contributed by atoms with van der Waals surface area (Å²) in [5, 5.41) is 18.4. The van der Waals surface area contributed by atoms with E-state index in [1.807, 2.05) is 13.8 Å². The number of nitriles is 1. The van der Waals surface area contributed by atoms with Crippen LogP contribution in [0.4, 0.5) is 0 Å². The first kappa shape index (κ1) is 9.50. The minimum Gasteiger partial charge on any atom is -0.367 e. The molecule has 3 heteroatoms. The predicted molar refractivity (Wildman–Crippen MR) is 44.1 cm³/mol. The molecule has 0 radical (unpaired) electrons. The largest absolute Gasteiger partial charge is 0.367 e. The molecule has 1 rings (SSSR count). The molecule has 0 aliphatic carbocycles. The summed E-state index contributed by atoms with van der Waals surface area (Å²) in [5.74, 6) is 0.0995. The zero-order valence-corrected chi connectivity index (χ0v) is 7.74. The van der Waals surface area contributed by atoms with Gasteiger partial charge in [-0.2, -0.15) is 5.26 Å². The van der Waals surface area contributed by atoms with Gasteiger partial charge in [-0.15, -0.1) is 0 Å². The molecule has 0 spiro atoms. The second kappa shape index (κ2) is 3.04. The van der Waals surface area contributed by atoms with Gasteiger partial charge >= 0.3 is 0 Å². The molecule has 4 atom stereocenters. The summed E-state index contributed by atoms with van der Waals surface area (Å²) in [5.41, 5.74) is -0.735. The van der Waals surface area contributed by atoms with Crippen molar-refractivity contribution in [3.8, 4) is 6.07 Å². The predicted octanol–water partition coefficient (Wildman–Crippen LogP) is 1.28. The van der Waals surface area contributed by atoms with E-state index in [9.17, 15) is 5.11 Å². The fourth-order valence-corrected chi connectivity index (χ4v) is 1.64. The van der Waals surface area contributed by atoms with Crippen LogP contribution < -0.4 is 0 Å². The molecule has 0 bridgehead atoms. The van der Waals surface area contributed by atoms with Crippen molar-refractivity contribution in [1.82, 2.24) is 0 Å². The van der Waals surface area contributed by atoms with Crippen LogP contribution in [-0.2, 0) is 4.74 Å². The molecule has 1 aliphatic rings. The van der Waals surface area contributed by atoms with Gasteiger partial charge < -0.3 is 9.84 Å². The minimum absolute atomic E-state index is 0.0182. The van der Waals surface area contributed by atoms with Crippen LogP contribution in [0.2, 0.25) is 0 Å². The van der Waals surface area contributed by atoms with Gasteiger partial charge in [0.2, 0.25) is 0 Å². The Balaban J connectivity index is 2.85. The molecule has 12 heavy (non-hydrogen) atoms. The highest BCUT2D eigenvalue weighted by Gasteiger charge is 2.50. The summed E-state index contributed by atoms with van der Waals surface area (Å²) in [6.45, 7) is 5.70. The first-order chi connectivity index (χ1) is 5.56. The van der Waals surface area contributed by atoms with Crippen LogP contribution in [0.1, 0.15) is 27.2 Å². The average Bonchev–Trinajstić information content (AvgIpc) is 2.30. The maximum absolute atomic E-state index is 9.48. The second-order valence-electron chi connectivity index (χ2n) is 3.62. The van der Waals surface area contributed by atoms with Crippen LogP contribution in [0.25, 0.3) is 0 Å². The Morgan fingerprint density at radius 1 is 1.67 bits per heavy atom. The van der Waals surface area contributed by atoms with Crippen molar-refractivity contribution in [3.63, 3.8) is 0 Å². The Hall–Kier alpha value is -0.590. The van der Waals surface area contributed by atoms with Gasteiger partial charge in [0.25, 0.3) is 0 Å². The number of ether oxygens (including phenoxy) is 1. The normalized spacial score (nSPS) is 47.4. The zero-order chi connectivity index (χ0) is 9.35. The van der Waals surface area contributed by atoms with E-state index in [-0.39, 0.29) is 12.0 Å². The molecule has 68 valence electrons. The van der Waals surface area contributed by atoms with E-state index in [0.29, 0.717) is 0 Å². The van der Waals surface area contributed by atoms with Gasteiger partial charge in [-0.3, -0.25) is 0 Å². The Kier molecular flexibility index (Phi) is 2.41. The van der Waals surface area contributed by atoms with Crippen LogP contribution in [0.5, 0.6) is 0 Å². The molecule has 0 aromatic rings. The lowest BCUT2D eigenvalue weighted by molar-refractivity contribution is -0.119. The monoisotopic (exact) mass is 169 g/mol. The fraction of sp³-hybridized carbons (Fsp3) is 0.889. The summed E-state index contributed by atoms with van der Waals surface area (Å²) in [6, 6.07) is 2.13. The van der Waals surface area contributed by atoms with E-state index >= 15 is 0 Å². The second-order valence-corrected chi connectivity index (χ2v) is 3.62. The Morgan fingerprint density at radius 2 is 2.25 bits per heavy atom. The average molecular weight is 169 g/mol. The van der Waals surface area contributed by atoms with Gasteiger partial charge in [0, 0.05) is 5.92 Å². The van der Waals surface area contributed by atoms with Gasteiger partial charge in [-0.25, -0.2) is 0 Å². The lowest BCUT2D eigenvalue weighted by atomic mass is 9.78. The van der Waals surface area contributed by atoms with Gasteiger partial charge in [-0.1, -0.05) is 13.8 Å². The molecule has 1 fully saturated rings. The maximum atomic E-state index is 9.48. The Labute approximate surface area is 73.0 Å². The molecule has 0 unspecified atom stereocenters. The van der Waals surface area contributed by atoms with Gasteiger partial charge in [0.15, 0.2) is 6.29 Å². The molecular weight excluding hydrogens is 154 g/mol. The number of rotatable bonds is 1. The summed E-state index contributed by atoms with van der Waals surface area (Å²) in [4.78, 5) is 0. The third-order valence-electron chi connectivity index (χ3n) is 2.96. The number of hydrogen-bond acceptors (Lipinski definition) is 3. The Morgan fingerprint density at radius 3 is 2.50 bits per heavy atom. The summed E-state index contributed by atoms with van der Waals surface area (Å²) in [6.07, 6.45) is -0.0673. The summed E-state index contributed by atoms with van der Waals surface area (Å²) >= 11 is 0. The summed E-state index contributed by atoms with van der Waals surface area (Å²) < 4.78 is 5.26. The lowest BCUT2D eigenvalue weighted by Crippen LogP contribution is -2.30. The quantitative estimate of drug-likeness (QED) is 0.643. The first-order valence-electron chi connectivity index (χ1n) is 4.31. The molecule has 3 nitrogen and oxygen atoms in total. The standard InChI is InChI=1S/C9H15NO2/c1-4-7-6(2)9(3,5-10)8(11)12-7/h6-8,11H,4H2,1-3H3/t6-,7-,8-,9-/m1/s1. The Bertz CT molecular complexity index is 211. The highest BCUT2D eigenvalue weighted by Crippen LogP contribution is 2.42. The van der Waals surface area contributed by atoms with Crippen molar-refractivity contribution in [1.29, 1.82) is 5.26 Å². The van der Waals surface area contributed by atoms with Crippen LogP contribution in [0.15, 0.2) is 0 Å². The van der Waals surface area contributed by atoms with E-state index in [1.165, 1.54) is 0 Å². The van der Waals surface area contributed by atoms with Crippen molar-refractivity contribution in [2.75, 3.05) is 0 Å². The molecule has 1 aliphatic heterocycles. The SMILES string of the molecule is CC[C@H]1O[C@@H](O)[C@](C)(C#N)[C@@H]1C. The van der Waals surface area contributed by atoms with Crippen molar-refractivity contribution in [3.05, 3.63) is 0 Å². The molecule has 0 aromatic carbocycles. The highest BCUT2D eigenvalue weighted by atomic mass is 16.6. The van der Waals surface area contributed by atoms with Crippen molar-refractivity contribution < 1.29 is 9.84 Å². The maximum Gasteiger partial charge on any atom is 0.173 e. The molecule has 0 saturated carbocycles. The number of aliphatic hydroxyl groups is 1. The highest BCUT2D eigenvalue weighted by molar-refractivity contribution is 5.06. The van der Waals surface area contributed by atoms with E-state index < -0.39 is 11.7 Å². The van der Waals surface area contributed by atoms with E-state index in [2.05, 4.69) is 6.07 Å². The van der Waals surface area contributed by atoms with Crippen LogP contribution in [-0.4, -0.2) is 17.5 Å². The summed E-state index contributed by atoms with van der Waals surface area (Å²) in [7, 11) is 0. The molecular formula is C9H15NO2. The number of aliphatic hydroxyl groups excluding tert-OH is 1. The van der Waals surface area contributed by atoms with Crippen LogP contribution >= 0.6 is 0 Å². The molecule has 1 heterocycles. The first-order valence-corrected chi connectivity index (χ1v) is 4.31. The molecule has 0 aromatic heterocycles. The van der Waals surface area contributed by atoms with Crippen molar-refractivity contribution in [2.45, 2.75) is 39.6 Å². The van der Waals surface area contributed by atoms with E-state index in [4.69, 9.17) is 10.00 Å². The third kappa shape index (κ3) is 1.12.